The number of carbonyl (C=O) groups excluding carboxylic acids is 2. The third-order valence-electron chi connectivity index (χ3n) is 2.01. The van der Waals surface area contributed by atoms with Crippen LogP contribution < -0.4 is 0 Å². The number of rotatable bonds is 3. The number of amides is 2. The van der Waals surface area contributed by atoms with E-state index in [2.05, 4.69) is 34.6 Å². The summed E-state index contributed by atoms with van der Waals surface area (Å²) in [5, 5.41) is -0.128. The summed E-state index contributed by atoms with van der Waals surface area (Å²) in [4.78, 5) is 23.0. The van der Waals surface area contributed by atoms with E-state index < -0.39 is 0 Å². The first-order valence-electron chi connectivity index (χ1n) is 5.30. The molecule has 0 spiro atoms. The van der Waals surface area contributed by atoms with Crippen LogP contribution in [0.3, 0.4) is 0 Å². The highest BCUT2D eigenvalue weighted by Gasteiger charge is 2.37. The zero-order valence-corrected chi connectivity index (χ0v) is 12.1. The maximum Gasteiger partial charge on any atom is 0.299 e. The van der Waals surface area contributed by atoms with Gasteiger partial charge in [-0.3, -0.25) is 9.59 Å². The molecular formula is C11H19NO2S2. The van der Waals surface area contributed by atoms with E-state index in [0.29, 0.717) is 0 Å². The molecule has 0 aromatic heterocycles. The van der Waals surface area contributed by atoms with Gasteiger partial charge in [0.25, 0.3) is 11.1 Å². The van der Waals surface area contributed by atoms with Crippen LogP contribution in [-0.2, 0) is 4.79 Å². The molecule has 1 rings (SSSR count). The molecule has 0 aromatic carbocycles. The minimum Gasteiger partial charge on any atom is -0.272 e. The van der Waals surface area contributed by atoms with E-state index in [1.54, 1.807) is 0 Å². The maximum atomic E-state index is 11.5. The van der Waals surface area contributed by atoms with E-state index in [1.807, 2.05) is 0 Å². The second-order valence-corrected chi connectivity index (χ2v) is 8.41. The predicted octanol–water partition coefficient (Wildman–Crippen LogP) is 3.54. The van der Waals surface area contributed by atoms with Crippen LogP contribution in [0.1, 0.15) is 41.0 Å². The van der Waals surface area contributed by atoms with Crippen molar-refractivity contribution >= 4 is 34.9 Å². The molecule has 16 heavy (non-hydrogen) atoms. The molecule has 0 saturated carbocycles. The van der Waals surface area contributed by atoms with Gasteiger partial charge in [-0.05, 0) is 37.6 Å². The third kappa shape index (κ3) is 4.01. The smallest absolute Gasteiger partial charge is 0.272 e. The predicted molar refractivity (Wildman–Crippen MR) is 70.4 cm³/mol. The number of thioether (sulfide) groups is 1. The van der Waals surface area contributed by atoms with Gasteiger partial charge in [0, 0.05) is 4.75 Å². The normalized spacial score (nSPS) is 18.4. The number of nitrogens with zero attached hydrogens (tertiary/aromatic N) is 1. The van der Waals surface area contributed by atoms with Crippen molar-refractivity contribution in [2.75, 3.05) is 5.75 Å². The Balaban J connectivity index is 2.65. The average molecular weight is 261 g/mol. The van der Waals surface area contributed by atoms with Crippen molar-refractivity contribution in [1.29, 1.82) is 0 Å². The number of hydrogen-bond donors (Lipinski definition) is 0. The lowest BCUT2D eigenvalue weighted by molar-refractivity contribution is -0.120. The highest BCUT2D eigenvalue weighted by atomic mass is 32.2. The second-order valence-electron chi connectivity index (χ2n) is 5.83. The van der Waals surface area contributed by atoms with Gasteiger partial charge >= 0.3 is 0 Å². The van der Waals surface area contributed by atoms with Crippen molar-refractivity contribution in [3.05, 3.63) is 0 Å². The van der Waals surface area contributed by atoms with E-state index in [-0.39, 0.29) is 27.1 Å². The van der Waals surface area contributed by atoms with Gasteiger partial charge in [0.1, 0.15) is 0 Å². The lowest BCUT2D eigenvalue weighted by Crippen LogP contribution is -2.32. The highest BCUT2D eigenvalue weighted by molar-refractivity contribution is 8.16. The highest BCUT2D eigenvalue weighted by Crippen LogP contribution is 2.41. The number of imide groups is 1. The topological polar surface area (TPSA) is 37.4 Å². The molecule has 5 heteroatoms. The standard InChI is InChI=1S/C11H19NO2S2/c1-10(2,3)7-11(4,5)16-12-8(13)6-15-9(12)14/h6-7H2,1-5H3. The summed E-state index contributed by atoms with van der Waals surface area (Å²) < 4.78 is 1.21. The van der Waals surface area contributed by atoms with Crippen LogP contribution in [0, 0.1) is 5.41 Å². The van der Waals surface area contributed by atoms with Gasteiger partial charge in [0.15, 0.2) is 0 Å². The maximum absolute atomic E-state index is 11.5. The van der Waals surface area contributed by atoms with E-state index >= 15 is 0 Å². The molecule has 0 unspecified atom stereocenters. The SMILES string of the molecule is CC(C)(C)CC(C)(C)SN1C(=O)CSC1=O. The molecule has 1 heterocycles. The lowest BCUT2D eigenvalue weighted by Gasteiger charge is -2.33. The van der Waals surface area contributed by atoms with Crippen LogP contribution in [0.5, 0.6) is 0 Å². The van der Waals surface area contributed by atoms with Crippen molar-refractivity contribution in [2.45, 2.75) is 45.8 Å². The number of hydrogen-bond acceptors (Lipinski definition) is 4. The molecule has 0 aromatic rings. The van der Waals surface area contributed by atoms with Gasteiger partial charge in [-0.2, -0.15) is 0 Å². The molecule has 1 aliphatic rings. The van der Waals surface area contributed by atoms with Crippen LogP contribution in [0.15, 0.2) is 0 Å². The molecule has 0 aliphatic carbocycles. The molecule has 92 valence electrons. The second kappa shape index (κ2) is 4.61. The fraction of sp³-hybridized carbons (Fsp3) is 0.818. The fourth-order valence-corrected chi connectivity index (χ4v) is 4.17. The van der Waals surface area contributed by atoms with Gasteiger partial charge in [-0.25, -0.2) is 4.31 Å². The molecule has 2 amide bonds. The zero-order chi connectivity index (χ0) is 12.6. The number of carbonyl (C=O) groups is 2. The van der Waals surface area contributed by atoms with E-state index in [1.165, 1.54) is 16.3 Å². The summed E-state index contributed by atoms with van der Waals surface area (Å²) >= 11 is 2.45. The Morgan fingerprint density at radius 1 is 1.25 bits per heavy atom. The molecule has 1 aliphatic heterocycles. The molecule has 0 atom stereocenters. The summed E-state index contributed by atoms with van der Waals surface area (Å²) in [7, 11) is 0. The first-order chi connectivity index (χ1) is 7.11. The summed E-state index contributed by atoms with van der Waals surface area (Å²) in [6.45, 7) is 10.6. The molecule has 0 radical (unpaired) electrons. The van der Waals surface area contributed by atoms with Crippen molar-refractivity contribution in [3.8, 4) is 0 Å². The van der Waals surface area contributed by atoms with Gasteiger partial charge in [-0.1, -0.05) is 32.5 Å². The summed E-state index contributed by atoms with van der Waals surface area (Å²) in [6.07, 6.45) is 0.951. The van der Waals surface area contributed by atoms with E-state index in [4.69, 9.17) is 0 Å². The summed E-state index contributed by atoms with van der Waals surface area (Å²) in [6, 6.07) is 0. The molecule has 0 bridgehead atoms. The average Bonchev–Trinajstić information content (AvgIpc) is 2.30. The largest absolute Gasteiger partial charge is 0.299 e. The molecule has 0 N–H and O–H groups in total. The molecular weight excluding hydrogens is 242 g/mol. The molecule has 1 fully saturated rings. The quantitative estimate of drug-likeness (QED) is 0.728. The van der Waals surface area contributed by atoms with Gasteiger partial charge in [0.2, 0.25) is 0 Å². The van der Waals surface area contributed by atoms with E-state index in [9.17, 15) is 9.59 Å². The van der Waals surface area contributed by atoms with Crippen LogP contribution >= 0.6 is 23.7 Å². The third-order valence-corrected chi connectivity index (χ3v) is 4.13. The summed E-state index contributed by atoms with van der Waals surface area (Å²) in [5.41, 5.74) is 0.190. The van der Waals surface area contributed by atoms with Crippen LogP contribution in [0.25, 0.3) is 0 Å². The first kappa shape index (κ1) is 13.9. The van der Waals surface area contributed by atoms with Crippen LogP contribution in [0.4, 0.5) is 4.79 Å². The minimum atomic E-state index is -0.128. The fourth-order valence-electron chi connectivity index (χ4n) is 1.99. The molecule has 3 nitrogen and oxygen atoms in total. The van der Waals surface area contributed by atoms with Crippen LogP contribution in [0.2, 0.25) is 0 Å². The van der Waals surface area contributed by atoms with Gasteiger partial charge in [-0.15, -0.1) is 0 Å². The van der Waals surface area contributed by atoms with Gasteiger partial charge in [0.05, 0.1) is 5.75 Å². The Hall–Kier alpha value is -0.160. The first-order valence-corrected chi connectivity index (χ1v) is 7.05. The zero-order valence-electron chi connectivity index (χ0n) is 10.5. The van der Waals surface area contributed by atoms with Gasteiger partial charge < -0.3 is 0 Å². The lowest BCUT2D eigenvalue weighted by atomic mass is 9.86. The van der Waals surface area contributed by atoms with Crippen molar-refractivity contribution in [3.63, 3.8) is 0 Å². The Morgan fingerprint density at radius 2 is 1.81 bits per heavy atom. The van der Waals surface area contributed by atoms with Crippen molar-refractivity contribution < 1.29 is 9.59 Å². The molecule has 1 saturated heterocycles. The minimum absolute atomic E-state index is 0.0815. The Labute approximate surface area is 106 Å². The van der Waals surface area contributed by atoms with Crippen LogP contribution in [-0.4, -0.2) is 26.0 Å². The Kier molecular flexibility index (Phi) is 4.00. The van der Waals surface area contributed by atoms with Crippen molar-refractivity contribution in [2.24, 2.45) is 5.41 Å². The Bertz CT molecular complexity index is 292. The summed E-state index contributed by atoms with van der Waals surface area (Å²) in [5.74, 6) is 0.208. The van der Waals surface area contributed by atoms with Crippen molar-refractivity contribution in [1.82, 2.24) is 4.31 Å². The monoisotopic (exact) mass is 261 g/mol. The van der Waals surface area contributed by atoms with E-state index in [0.717, 1.165) is 18.2 Å². The Morgan fingerprint density at radius 3 is 2.19 bits per heavy atom.